The molecule has 0 spiro atoms. The van der Waals surface area contributed by atoms with Gasteiger partial charge in [-0.3, -0.25) is 4.90 Å². The van der Waals surface area contributed by atoms with E-state index in [1.807, 2.05) is 0 Å². The fourth-order valence-electron chi connectivity index (χ4n) is 3.29. The molecule has 1 aliphatic heterocycles. The van der Waals surface area contributed by atoms with Crippen LogP contribution in [0.3, 0.4) is 0 Å². The lowest BCUT2D eigenvalue weighted by atomic mass is 10.0. The molecule has 1 heterocycles. The molecule has 98 valence electrons. The number of benzene rings is 1. The van der Waals surface area contributed by atoms with E-state index in [4.69, 9.17) is 0 Å². The first-order chi connectivity index (χ1) is 8.63. The molecule has 0 amide bonds. The summed E-state index contributed by atoms with van der Waals surface area (Å²) in [7, 11) is 0. The third-order valence-electron chi connectivity index (χ3n) is 4.31. The summed E-state index contributed by atoms with van der Waals surface area (Å²) in [5, 5.41) is 3.78. The molecule has 1 saturated carbocycles. The maximum atomic E-state index is 3.78. The van der Waals surface area contributed by atoms with E-state index >= 15 is 0 Å². The number of aryl methyl sites for hydroxylation is 3. The number of rotatable bonds is 3. The van der Waals surface area contributed by atoms with E-state index in [1.165, 1.54) is 54.7 Å². The van der Waals surface area contributed by atoms with Crippen molar-refractivity contribution in [2.45, 2.75) is 52.1 Å². The monoisotopic (exact) mass is 244 g/mol. The second kappa shape index (κ2) is 4.58. The number of nitrogens with one attached hydrogen (secondary N) is 1. The average Bonchev–Trinajstić information content (AvgIpc) is 3.04. The lowest BCUT2D eigenvalue weighted by Gasteiger charge is -2.20. The smallest absolute Gasteiger partial charge is 0.0402 e. The van der Waals surface area contributed by atoms with Crippen LogP contribution in [-0.4, -0.2) is 30.1 Å². The van der Waals surface area contributed by atoms with Gasteiger partial charge in [-0.15, -0.1) is 0 Å². The van der Waals surface area contributed by atoms with Crippen LogP contribution in [-0.2, 0) is 0 Å². The molecule has 3 rings (SSSR count). The molecular formula is C16H24N2. The van der Waals surface area contributed by atoms with Crippen LogP contribution in [0, 0.1) is 20.8 Å². The number of hydrogen-bond donors (Lipinski definition) is 1. The number of anilines is 1. The lowest BCUT2D eigenvalue weighted by Crippen LogP contribution is -2.28. The molecule has 2 aliphatic rings. The zero-order chi connectivity index (χ0) is 12.7. The summed E-state index contributed by atoms with van der Waals surface area (Å²) in [5.74, 6) is 0. The van der Waals surface area contributed by atoms with Crippen molar-refractivity contribution in [1.82, 2.24) is 4.90 Å². The van der Waals surface area contributed by atoms with Crippen LogP contribution in [0.15, 0.2) is 12.1 Å². The summed E-state index contributed by atoms with van der Waals surface area (Å²) >= 11 is 0. The molecule has 2 fully saturated rings. The van der Waals surface area contributed by atoms with E-state index in [1.54, 1.807) is 0 Å². The number of nitrogens with zero attached hydrogens (tertiary/aromatic N) is 1. The van der Waals surface area contributed by atoms with Crippen molar-refractivity contribution in [3.63, 3.8) is 0 Å². The summed E-state index contributed by atoms with van der Waals surface area (Å²) in [6, 6.07) is 6.12. The Balaban J connectivity index is 1.69. The van der Waals surface area contributed by atoms with Crippen LogP contribution in [0.25, 0.3) is 0 Å². The van der Waals surface area contributed by atoms with Gasteiger partial charge in [0.15, 0.2) is 0 Å². The van der Waals surface area contributed by atoms with Gasteiger partial charge in [0.1, 0.15) is 0 Å². The molecule has 1 N–H and O–H groups in total. The van der Waals surface area contributed by atoms with Gasteiger partial charge in [-0.25, -0.2) is 0 Å². The summed E-state index contributed by atoms with van der Waals surface area (Å²) in [6.45, 7) is 9.13. The van der Waals surface area contributed by atoms with Crippen LogP contribution in [0.5, 0.6) is 0 Å². The molecule has 1 aromatic rings. The first-order valence-corrected chi connectivity index (χ1v) is 7.22. The molecule has 1 aliphatic carbocycles. The largest absolute Gasteiger partial charge is 0.381 e. The van der Waals surface area contributed by atoms with Crippen molar-refractivity contribution in [2.24, 2.45) is 0 Å². The Morgan fingerprint density at radius 3 is 2.33 bits per heavy atom. The number of likely N-dealkylation sites (tertiary alicyclic amines) is 1. The van der Waals surface area contributed by atoms with E-state index in [-0.39, 0.29) is 0 Å². The quantitative estimate of drug-likeness (QED) is 0.878. The minimum atomic E-state index is 0.644. The lowest BCUT2D eigenvalue weighted by molar-refractivity contribution is 0.326. The fourth-order valence-corrected chi connectivity index (χ4v) is 3.29. The minimum Gasteiger partial charge on any atom is -0.381 e. The highest BCUT2D eigenvalue weighted by molar-refractivity contribution is 5.58. The molecule has 2 heteroatoms. The Hall–Kier alpha value is -1.02. The summed E-state index contributed by atoms with van der Waals surface area (Å²) in [4.78, 5) is 2.66. The molecule has 1 atom stereocenters. The Bertz CT molecular complexity index is 425. The Kier molecular flexibility index (Phi) is 3.06. The van der Waals surface area contributed by atoms with E-state index in [0.29, 0.717) is 6.04 Å². The molecule has 0 bridgehead atoms. The van der Waals surface area contributed by atoms with Crippen molar-refractivity contribution in [1.29, 1.82) is 0 Å². The minimum absolute atomic E-state index is 0.644. The van der Waals surface area contributed by atoms with Crippen molar-refractivity contribution in [3.8, 4) is 0 Å². The fraction of sp³-hybridized carbons (Fsp3) is 0.625. The van der Waals surface area contributed by atoms with Gasteiger partial charge < -0.3 is 5.32 Å². The van der Waals surface area contributed by atoms with Crippen molar-refractivity contribution >= 4 is 5.69 Å². The van der Waals surface area contributed by atoms with Gasteiger partial charge in [0, 0.05) is 30.9 Å². The van der Waals surface area contributed by atoms with Gasteiger partial charge in [0.2, 0.25) is 0 Å². The normalized spacial score (nSPS) is 24.5. The van der Waals surface area contributed by atoms with Gasteiger partial charge in [-0.2, -0.15) is 0 Å². The molecule has 18 heavy (non-hydrogen) atoms. The van der Waals surface area contributed by atoms with Crippen LogP contribution in [0.2, 0.25) is 0 Å². The maximum absolute atomic E-state index is 3.78. The van der Waals surface area contributed by atoms with Gasteiger partial charge in [0.25, 0.3) is 0 Å². The maximum Gasteiger partial charge on any atom is 0.0402 e. The van der Waals surface area contributed by atoms with Gasteiger partial charge in [0.05, 0.1) is 0 Å². The van der Waals surface area contributed by atoms with E-state index in [0.717, 1.165) is 6.04 Å². The van der Waals surface area contributed by atoms with Crippen LogP contribution in [0.4, 0.5) is 5.69 Å². The Morgan fingerprint density at radius 2 is 1.72 bits per heavy atom. The Labute approximate surface area is 110 Å². The molecule has 1 unspecified atom stereocenters. The highest BCUT2D eigenvalue weighted by atomic mass is 15.2. The average molecular weight is 244 g/mol. The molecular weight excluding hydrogens is 220 g/mol. The highest BCUT2D eigenvalue weighted by Crippen LogP contribution is 2.31. The highest BCUT2D eigenvalue weighted by Gasteiger charge is 2.34. The first kappa shape index (κ1) is 12.0. The second-order valence-corrected chi connectivity index (χ2v) is 6.13. The van der Waals surface area contributed by atoms with Crippen molar-refractivity contribution < 1.29 is 0 Å². The predicted molar refractivity (Wildman–Crippen MR) is 77.3 cm³/mol. The van der Waals surface area contributed by atoms with Crippen molar-refractivity contribution in [3.05, 3.63) is 28.8 Å². The van der Waals surface area contributed by atoms with E-state index < -0.39 is 0 Å². The third-order valence-corrected chi connectivity index (χ3v) is 4.31. The van der Waals surface area contributed by atoms with Gasteiger partial charge in [-0.05, 0) is 51.2 Å². The standard InChI is InChI=1S/C16H24N2/c1-11-8-12(2)16(13(3)9-11)17-14-6-7-18(10-14)15-4-5-15/h8-9,14-15,17H,4-7,10H2,1-3H3. The topological polar surface area (TPSA) is 15.3 Å². The summed E-state index contributed by atoms with van der Waals surface area (Å²) < 4.78 is 0. The Morgan fingerprint density at radius 1 is 1.06 bits per heavy atom. The summed E-state index contributed by atoms with van der Waals surface area (Å²) in [6.07, 6.45) is 4.15. The molecule has 1 aromatic carbocycles. The molecule has 2 nitrogen and oxygen atoms in total. The zero-order valence-electron chi connectivity index (χ0n) is 11.8. The van der Waals surface area contributed by atoms with E-state index in [9.17, 15) is 0 Å². The van der Waals surface area contributed by atoms with Gasteiger partial charge >= 0.3 is 0 Å². The molecule has 0 aromatic heterocycles. The van der Waals surface area contributed by atoms with Crippen molar-refractivity contribution in [2.75, 3.05) is 18.4 Å². The summed E-state index contributed by atoms with van der Waals surface area (Å²) in [5.41, 5.74) is 5.50. The third kappa shape index (κ3) is 2.39. The van der Waals surface area contributed by atoms with Crippen LogP contribution < -0.4 is 5.32 Å². The predicted octanol–water partition coefficient (Wildman–Crippen LogP) is 3.26. The van der Waals surface area contributed by atoms with Gasteiger partial charge in [-0.1, -0.05) is 17.7 Å². The van der Waals surface area contributed by atoms with Crippen LogP contribution in [0.1, 0.15) is 36.0 Å². The number of hydrogen-bond acceptors (Lipinski definition) is 2. The molecule has 0 radical (unpaired) electrons. The molecule has 1 saturated heterocycles. The van der Waals surface area contributed by atoms with E-state index in [2.05, 4.69) is 43.1 Å². The first-order valence-electron chi connectivity index (χ1n) is 7.22. The van der Waals surface area contributed by atoms with Crippen LogP contribution >= 0.6 is 0 Å². The second-order valence-electron chi connectivity index (χ2n) is 6.13. The zero-order valence-corrected chi connectivity index (χ0v) is 11.8. The SMILES string of the molecule is Cc1cc(C)c(NC2CCN(C3CC3)C2)c(C)c1.